The largest absolute Gasteiger partial charge is 0.393 e. The van der Waals surface area contributed by atoms with Crippen molar-refractivity contribution in [1.82, 2.24) is 0 Å². The quantitative estimate of drug-likeness (QED) is 0.481. The minimum Gasteiger partial charge on any atom is -0.393 e. The molecule has 0 saturated heterocycles. The van der Waals surface area contributed by atoms with E-state index >= 15 is 0 Å². The minimum absolute atomic E-state index is 0.0895. The van der Waals surface area contributed by atoms with E-state index in [1.54, 1.807) is 5.57 Å². The fourth-order valence-corrected chi connectivity index (χ4v) is 9.54. The molecule has 5 aliphatic rings. The molecule has 0 aromatic heterocycles. The molecule has 0 aromatic rings. The van der Waals surface area contributed by atoms with Crippen LogP contribution < -0.4 is 0 Å². The van der Waals surface area contributed by atoms with Crippen LogP contribution in [-0.2, 0) is 4.74 Å². The first kappa shape index (κ1) is 22.5. The summed E-state index contributed by atoms with van der Waals surface area (Å²) in [6.45, 7) is 11.1. The summed E-state index contributed by atoms with van der Waals surface area (Å²) < 4.78 is 6.56. The lowest BCUT2D eigenvalue weighted by Crippen LogP contribution is -2.51. The number of rotatable bonds is 4. The number of hydrogen-bond acceptors (Lipinski definition) is 2. The number of ether oxygens (including phenoxy) is 1. The van der Waals surface area contributed by atoms with Crippen molar-refractivity contribution >= 4 is 0 Å². The molecule has 176 valence electrons. The molecule has 5 aliphatic carbocycles. The molecule has 10 atom stereocenters. The maximum atomic E-state index is 10.3. The highest BCUT2D eigenvalue weighted by atomic mass is 16.5. The van der Waals surface area contributed by atoms with Crippen molar-refractivity contribution in [3.05, 3.63) is 11.6 Å². The zero-order chi connectivity index (χ0) is 21.8. The standard InChI is InChI=1S/C29H48O2/c1-19-7-5-6-8-27(19)31-18-20(2)24-11-12-25-23-10-9-21-17-22(30)13-15-28(21,3)26(23)14-16-29(24,25)4/h9,19-20,22-27,30H,5-8,10-18H2,1-4H3/t19?,20-,22+,23+,24-,25+,26+,27?,28+,29-/m1/s1. The summed E-state index contributed by atoms with van der Waals surface area (Å²) in [4.78, 5) is 0. The number of hydrogen-bond donors (Lipinski definition) is 1. The van der Waals surface area contributed by atoms with Crippen LogP contribution in [0.15, 0.2) is 11.6 Å². The predicted octanol–water partition coefficient (Wildman–Crippen LogP) is 7.16. The molecule has 0 spiro atoms. The van der Waals surface area contributed by atoms with Gasteiger partial charge in [-0.15, -0.1) is 0 Å². The third kappa shape index (κ3) is 3.76. The van der Waals surface area contributed by atoms with Crippen LogP contribution in [0.1, 0.15) is 105 Å². The van der Waals surface area contributed by atoms with Crippen LogP contribution in [0, 0.1) is 46.3 Å². The number of aliphatic hydroxyl groups is 1. The fourth-order valence-electron chi connectivity index (χ4n) is 9.54. The number of allylic oxidation sites excluding steroid dienone is 1. The molecule has 4 saturated carbocycles. The van der Waals surface area contributed by atoms with Crippen LogP contribution in [0.25, 0.3) is 0 Å². The average Bonchev–Trinajstić information content (AvgIpc) is 3.11. The summed E-state index contributed by atoms with van der Waals surface area (Å²) >= 11 is 0. The first-order valence-electron chi connectivity index (χ1n) is 13.8. The molecular formula is C29H48O2. The van der Waals surface area contributed by atoms with Crippen LogP contribution in [0.5, 0.6) is 0 Å². The van der Waals surface area contributed by atoms with Gasteiger partial charge in [0.2, 0.25) is 0 Å². The minimum atomic E-state index is -0.0895. The van der Waals surface area contributed by atoms with Crippen molar-refractivity contribution in [3.63, 3.8) is 0 Å². The molecule has 0 aliphatic heterocycles. The van der Waals surface area contributed by atoms with Gasteiger partial charge in [0.1, 0.15) is 0 Å². The fraction of sp³-hybridized carbons (Fsp3) is 0.931. The second kappa shape index (κ2) is 8.46. The Hall–Kier alpha value is -0.340. The van der Waals surface area contributed by atoms with E-state index in [1.807, 2.05) is 0 Å². The lowest BCUT2D eigenvalue weighted by atomic mass is 9.47. The van der Waals surface area contributed by atoms with Gasteiger partial charge in [0.15, 0.2) is 0 Å². The maximum absolute atomic E-state index is 10.3. The summed E-state index contributed by atoms with van der Waals surface area (Å²) in [5.41, 5.74) is 2.49. The van der Waals surface area contributed by atoms with Gasteiger partial charge < -0.3 is 9.84 Å². The molecule has 2 unspecified atom stereocenters. The summed E-state index contributed by atoms with van der Waals surface area (Å²) in [5.74, 6) is 4.90. The van der Waals surface area contributed by atoms with Crippen molar-refractivity contribution in [2.24, 2.45) is 46.3 Å². The summed E-state index contributed by atoms with van der Waals surface area (Å²) in [6.07, 6.45) is 18.5. The third-order valence-electron chi connectivity index (χ3n) is 11.4. The first-order chi connectivity index (χ1) is 14.8. The number of aliphatic hydroxyl groups excluding tert-OH is 1. The Balaban J connectivity index is 1.27. The zero-order valence-corrected chi connectivity index (χ0v) is 20.7. The van der Waals surface area contributed by atoms with E-state index in [1.165, 1.54) is 64.2 Å². The summed E-state index contributed by atoms with van der Waals surface area (Å²) in [6, 6.07) is 0. The molecule has 5 rings (SSSR count). The molecule has 0 radical (unpaired) electrons. The smallest absolute Gasteiger partial charge is 0.0600 e. The molecule has 4 fully saturated rings. The van der Waals surface area contributed by atoms with Gasteiger partial charge in [0.25, 0.3) is 0 Å². The highest BCUT2D eigenvalue weighted by Crippen LogP contribution is 2.67. The second-order valence-corrected chi connectivity index (χ2v) is 13.0. The van der Waals surface area contributed by atoms with Gasteiger partial charge in [0, 0.05) is 6.61 Å². The molecule has 0 aromatic carbocycles. The van der Waals surface area contributed by atoms with Gasteiger partial charge in [-0.1, -0.05) is 52.2 Å². The van der Waals surface area contributed by atoms with Crippen molar-refractivity contribution in [3.8, 4) is 0 Å². The molecule has 0 heterocycles. The Kier molecular flexibility index (Phi) is 6.13. The SMILES string of the molecule is CC1CCCCC1OC[C@@H](C)[C@H]1CC[C@H]2[C@@H]3CC=C4C[C@@H](O)CC[C@]4(C)[C@H]3CC[C@]12C. The Morgan fingerprint density at radius 2 is 1.84 bits per heavy atom. The lowest BCUT2D eigenvalue weighted by molar-refractivity contribution is -0.0743. The van der Waals surface area contributed by atoms with Gasteiger partial charge >= 0.3 is 0 Å². The van der Waals surface area contributed by atoms with Crippen LogP contribution in [0.4, 0.5) is 0 Å². The average molecular weight is 429 g/mol. The third-order valence-corrected chi connectivity index (χ3v) is 11.4. The molecule has 2 heteroatoms. The van der Waals surface area contributed by atoms with E-state index in [-0.39, 0.29) is 6.10 Å². The predicted molar refractivity (Wildman–Crippen MR) is 128 cm³/mol. The monoisotopic (exact) mass is 428 g/mol. The van der Waals surface area contributed by atoms with E-state index < -0.39 is 0 Å². The second-order valence-electron chi connectivity index (χ2n) is 13.0. The molecule has 0 amide bonds. The Bertz CT molecular complexity index is 684. The summed E-state index contributed by atoms with van der Waals surface area (Å²) in [5, 5.41) is 10.3. The van der Waals surface area contributed by atoms with Gasteiger partial charge in [-0.3, -0.25) is 0 Å². The molecule has 1 N–H and O–H groups in total. The topological polar surface area (TPSA) is 29.5 Å². The van der Waals surface area contributed by atoms with Crippen LogP contribution in [-0.4, -0.2) is 23.9 Å². The van der Waals surface area contributed by atoms with Crippen LogP contribution >= 0.6 is 0 Å². The number of fused-ring (bicyclic) bond motifs is 5. The Morgan fingerprint density at radius 3 is 2.65 bits per heavy atom. The van der Waals surface area contributed by atoms with Gasteiger partial charge in [-0.2, -0.15) is 0 Å². The van der Waals surface area contributed by atoms with Crippen molar-refractivity contribution < 1.29 is 9.84 Å². The lowest BCUT2D eigenvalue weighted by Gasteiger charge is -2.58. The highest BCUT2D eigenvalue weighted by Gasteiger charge is 2.59. The Morgan fingerprint density at radius 1 is 1.03 bits per heavy atom. The normalized spacial score (nSPS) is 50.7. The molecule has 2 nitrogen and oxygen atoms in total. The molecule has 31 heavy (non-hydrogen) atoms. The zero-order valence-electron chi connectivity index (χ0n) is 20.7. The van der Waals surface area contributed by atoms with Gasteiger partial charge in [-0.05, 0) is 111 Å². The van der Waals surface area contributed by atoms with Crippen molar-refractivity contribution in [1.29, 1.82) is 0 Å². The summed E-state index contributed by atoms with van der Waals surface area (Å²) in [7, 11) is 0. The first-order valence-corrected chi connectivity index (χ1v) is 13.8. The van der Waals surface area contributed by atoms with E-state index in [0.717, 1.165) is 49.0 Å². The highest BCUT2D eigenvalue weighted by molar-refractivity contribution is 5.25. The van der Waals surface area contributed by atoms with Crippen LogP contribution in [0.3, 0.4) is 0 Å². The van der Waals surface area contributed by atoms with Crippen LogP contribution in [0.2, 0.25) is 0 Å². The van der Waals surface area contributed by atoms with E-state index in [4.69, 9.17) is 4.74 Å². The molecular weight excluding hydrogens is 380 g/mol. The van der Waals surface area contributed by atoms with Crippen molar-refractivity contribution in [2.75, 3.05) is 6.61 Å². The van der Waals surface area contributed by atoms with Gasteiger partial charge in [-0.25, -0.2) is 0 Å². The Labute approximate surface area is 191 Å². The van der Waals surface area contributed by atoms with Crippen molar-refractivity contribution in [2.45, 2.75) is 117 Å². The van der Waals surface area contributed by atoms with E-state index in [2.05, 4.69) is 33.8 Å². The van der Waals surface area contributed by atoms with E-state index in [0.29, 0.717) is 22.9 Å². The van der Waals surface area contributed by atoms with E-state index in [9.17, 15) is 5.11 Å². The maximum Gasteiger partial charge on any atom is 0.0600 e. The van der Waals surface area contributed by atoms with Gasteiger partial charge in [0.05, 0.1) is 12.2 Å². The molecule has 0 bridgehead atoms.